The Bertz CT molecular complexity index is 2130. The number of rotatable bonds is 6. The first-order chi connectivity index (χ1) is 22.8. The van der Waals surface area contributed by atoms with Crippen molar-refractivity contribution in [2.45, 2.75) is 6.54 Å². The van der Waals surface area contributed by atoms with Gasteiger partial charge in [0.1, 0.15) is 5.52 Å². The molecule has 1 aromatic heterocycles. The fraction of sp³-hybridized carbons (Fsp3) is 0.171. The van der Waals surface area contributed by atoms with Crippen LogP contribution in [-0.2, 0) is 6.54 Å². The van der Waals surface area contributed by atoms with Gasteiger partial charge in [0, 0.05) is 43.9 Å². The van der Waals surface area contributed by atoms with Crippen LogP contribution in [0.4, 0.5) is 5.69 Å². The number of ether oxygens (including phenoxy) is 2. The minimum absolute atomic E-state index is 0.0328. The number of carbonyl (C=O) groups is 4. The van der Waals surface area contributed by atoms with E-state index in [0.717, 1.165) is 41.6 Å². The van der Waals surface area contributed by atoms with Gasteiger partial charge >= 0.3 is 5.97 Å². The van der Waals surface area contributed by atoms with Gasteiger partial charge in [-0.1, -0.05) is 12.1 Å². The van der Waals surface area contributed by atoms with E-state index in [1.807, 2.05) is 23.1 Å². The Labute approximate surface area is 267 Å². The van der Waals surface area contributed by atoms with Gasteiger partial charge in [-0.05, 0) is 72.3 Å². The lowest BCUT2D eigenvalue weighted by Gasteiger charge is -2.34. The zero-order chi connectivity index (χ0) is 32.2. The fourth-order valence-electron chi connectivity index (χ4n) is 6.16. The first-order valence-electron chi connectivity index (χ1n) is 15.0. The standard InChI is InChI=1S/C35H26N4O8/c40-32(38-12-10-37(11-13-38)18-20-4-9-28-30(14-20)46-19-45-28)22-6-8-27-29(17-22)47-31(36-27)21-2-1-3-24(15-21)39-33(41)25-7-5-23(35(43)44)16-26(25)34(39)42/h1-9,14-17H,10-13,18-19H2,(H,43,44). The van der Waals surface area contributed by atoms with Crippen molar-refractivity contribution >= 4 is 40.5 Å². The number of nitrogens with zero attached hydrogens (tertiary/aromatic N) is 4. The van der Waals surface area contributed by atoms with E-state index >= 15 is 0 Å². The van der Waals surface area contributed by atoms with Crippen LogP contribution in [-0.4, -0.2) is 76.6 Å². The Hall–Kier alpha value is -6.01. The predicted molar refractivity (Wildman–Crippen MR) is 168 cm³/mol. The minimum atomic E-state index is -1.19. The fourth-order valence-corrected chi connectivity index (χ4v) is 6.16. The molecule has 0 unspecified atom stereocenters. The van der Waals surface area contributed by atoms with Crippen LogP contribution in [0.15, 0.2) is 83.3 Å². The Morgan fingerprint density at radius 1 is 0.787 bits per heavy atom. The topological polar surface area (TPSA) is 143 Å². The first-order valence-corrected chi connectivity index (χ1v) is 15.0. The van der Waals surface area contributed by atoms with E-state index in [1.54, 1.807) is 42.5 Å². The summed E-state index contributed by atoms with van der Waals surface area (Å²) in [6, 6.07) is 21.6. The minimum Gasteiger partial charge on any atom is -0.478 e. The van der Waals surface area contributed by atoms with Crippen molar-refractivity contribution < 1.29 is 38.2 Å². The Balaban J connectivity index is 0.964. The molecule has 3 aliphatic rings. The lowest BCUT2D eigenvalue weighted by Crippen LogP contribution is -2.48. The van der Waals surface area contributed by atoms with Crippen molar-refractivity contribution in [2.75, 3.05) is 37.9 Å². The summed E-state index contributed by atoms with van der Waals surface area (Å²) < 4.78 is 16.9. The average molecular weight is 631 g/mol. The highest BCUT2D eigenvalue weighted by molar-refractivity contribution is 6.34. The van der Waals surface area contributed by atoms with Gasteiger partial charge in [0.25, 0.3) is 17.7 Å². The number of imide groups is 1. The van der Waals surface area contributed by atoms with Crippen LogP contribution < -0.4 is 14.4 Å². The summed E-state index contributed by atoms with van der Waals surface area (Å²) in [7, 11) is 0. The number of carboxylic acid groups (broad SMARTS) is 1. The molecule has 0 atom stereocenters. The van der Waals surface area contributed by atoms with E-state index < -0.39 is 17.8 Å². The van der Waals surface area contributed by atoms with E-state index in [-0.39, 0.29) is 35.3 Å². The third kappa shape index (κ3) is 5.04. The molecule has 12 heteroatoms. The molecule has 0 bridgehead atoms. The molecule has 1 fully saturated rings. The quantitative estimate of drug-likeness (QED) is 0.263. The number of benzene rings is 4. The molecule has 0 spiro atoms. The zero-order valence-corrected chi connectivity index (χ0v) is 24.8. The highest BCUT2D eigenvalue weighted by Crippen LogP contribution is 2.34. The van der Waals surface area contributed by atoms with Crippen LogP contribution in [0, 0.1) is 0 Å². The highest BCUT2D eigenvalue weighted by atomic mass is 16.7. The van der Waals surface area contributed by atoms with Crippen LogP contribution in [0.5, 0.6) is 11.5 Å². The van der Waals surface area contributed by atoms with Crippen LogP contribution in [0.1, 0.15) is 47.0 Å². The third-order valence-electron chi connectivity index (χ3n) is 8.62. The number of oxazole rings is 1. The van der Waals surface area contributed by atoms with Crippen LogP contribution >= 0.6 is 0 Å². The molecule has 0 radical (unpaired) electrons. The number of hydrogen-bond acceptors (Lipinski definition) is 9. The normalized spacial score (nSPS) is 15.8. The molecule has 5 aromatic rings. The third-order valence-corrected chi connectivity index (χ3v) is 8.62. The molecule has 234 valence electrons. The van der Waals surface area contributed by atoms with E-state index in [4.69, 9.17) is 13.9 Å². The summed E-state index contributed by atoms with van der Waals surface area (Å²) >= 11 is 0. The molecular weight excluding hydrogens is 604 g/mol. The number of piperazine rings is 1. The van der Waals surface area contributed by atoms with E-state index in [9.17, 15) is 24.3 Å². The Morgan fingerprint density at radius 3 is 2.40 bits per heavy atom. The van der Waals surface area contributed by atoms with Crippen molar-refractivity contribution in [2.24, 2.45) is 0 Å². The van der Waals surface area contributed by atoms with Crippen molar-refractivity contribution in [3.05, 3.63) is 107 Å². The molecular formula is C35H26N4O8. The average Bonchev–Trinajstić information content (AvgIpc) is 3.80. The van der Waals surface area contributed by atoms with Gasteiger partial charge < -0.3 is 23.9 Å². The number of anilines is 1. The summed E-state index contributed by atoms with van der Waals surface area (Å²) in [5, 5.41) is 9.31. The second kappa shape index (κ2) is 11.1. The SMILES string of the molecule is O=C(O)c1ccc2c(c1)C(=O)N(c1cccc(-c3nc4ccc(C(=O)N5CCN(Cc6ccc7c(c6)OCO7)CC5)cc4o3)c1)C2=O. The molecule has 0 saturated carbocycles. The van der Waals surface area contributed by atoms with Crippen LogP contribution in [0.2, 0.25) is 0 Å². The van der Waals surface area contributed by atoms with E-state index in [0.29, 0.717) is 41.0 Å². The first kappa shape index (κ1) is 28.5. The summed E-state index contributed by atoms with van der Waals surface area (Å²) in [5.74, 6) is -0.664. The van der Waals surface area contributed by atoms with Gasteiger partial charge in [-0.3, -0.25) is 19.3 Å². The number of aromatic carboxylic acids is 1. The lowest BCUT2D eigenvalue weighted by molar-refractivity contribution is 0.0627. The molecule has 4 heterocycles. The molecule has 12 nitrogen and oxygen atoms in total. The summed E-state index contributed by atoms with van der Waals surface area (Å²) in [6.07, 6.45) is 0. The van der Waals surface area contributed by atoms with Crippen molar-refractivity contribution in [3.8, 4) is 23.0 Å². The maximum absolute atomic E-state index is 13.4. The Morgan fingerprint density at radius 2 is 1.57 bits per heavy atom. The van der Waals surface area contributed by atoms with Crippen molar-refractivity contribution in [1.82, 2.24) is 14.8 Å². The molecule has 0 aliphatic carbocycles. The molecule has 1 N–H and O–H groups in total. The molecule has 3 aliphatic heterocycles. The summed E-state index contributed by atoms with van der Waals surface area (Å²) in [4.78, 5) is 60.8. The second-order valence-corrected chi connectivity index (χ2v) is 11.5. The van der Waals surface area contributed by atoms with Gasteiger partial charge in [-0.25, -0.2) is 14.7 Å². The maximum atomic E-state index is 13.4. The summed E-state index contributed by atoms with van der Waals surface area (Å²) in [5.41, 5.74) is 3.51. The van der Waals surface area contributed by atoms with Gasteiger partial charge in [-0.2, -0.15) is 0 Å². The molecule has 4 aromatic carbocycles. The Kier molecular flexibility index (Phi) is 6.73. The van der Waals surface area contributed by atoms with E-state index in [1.165, 1.54) is 18.2 Å². The predicted octanol–water partition coefficient (Wildman–Crippen LogP) is 4.68. The van der Waals surface area contributed by atoms with Gasteiger partial charge in [0.2, 0.25) is 12.7 Å². The molecule has 47 heavy (non-hydrogen) atoms. The molecule has 1 saturated heterocycles. The lowest BCUT2D eigenvalue weighted by atomic mass is 10.1. The number of aromatic nitrogens is 1. The monoisotopic (exact) mass is 630 g/mol. The highest BCUT2D eigenvalue weighted by Gasteiger charge is 2.37. The zero-order valence-electron chi connectivity index (χ0n) is 24.8. The van der Waals surface area contributed by atoms with Crippen molar-refractivity contribution in [3.63, 3.8) is 0 Å². The van der Waals surface area contributed by atoms with Crippen molar-refractivity contribution in [1.29, 1.82) is 0 Å². The number of carboxylic acids is 1. The van der Waals surface area contributed by atoms with Gasteiger partial charge in [0.05, 0.1) is 22.4 Å². The smallest absolute Gasteiger partial charge is 0.335 e. The van der Waals surface area contributed by atoms with Crippen LogP contribution in [0.3, 0.4) is 0 Å². The molecule has 3 amide bonds. The maximum Gasteiger partial charge on any atom is 0.335 e. The van der Waals surface area contributed by atoms with Gasteiger partial charge in [-0.15, -0.1) is 0 Å². The number of carbonyl (C=O) groups excluding carboxylic acids is 3. The van der Waals surface area contributed by atoms with Gasteiger partial charge in [0.15, 0.2) is 17.1 Å². The van der Waals surface area contributed by atoms with Crippen LogP contribution in [0.25, 0.3) is 22.6 Å². The molecule has 8 rings (SSSR count). The number of hydrogen-bond donors (Lipinski definition) is 1. The largest absolute Gasteiger partial charge is 0.478 e. The number of fused-ring (bicyclic) bond motifs is 3. The second-order valence-electron chi connectivity index (χ2n) is 11.5. The number of amides is 3. The van der Waals surface area contributed by atoms with E-state index in [2.05, 4.69) is 9.88 Å². The summed E-state index contributed by atoms with van der Waals surface area (Å²) in [6.45, 7) is 3.64.